The van der Waals surface area contributed by atoms with Crippen LogP contribution >= 0.6 is 0 Å². The molecular weight excluding hydrogens is 331 g/mol. The zero-order valence-corrected chi connectivity index (χ0v) is 15.5. The number of rotatable bonds is 7. The molecule has 138 valence electrons. The van der Waals surface area contributed by atoms with Crippen LogP contribution in [-0.4, -0.2) is 29.8 Å². The smallest absolute Gasteiger partial charge is 0.258 e. The second-order valence-corrected chi connectivity index (χ2v) is 6.20. The number of hydrogen-bond donors (Lipinski definition) is 1. The summed E-state index contributed by atoms with van der Waals surface area (Å²) in [6.07, 6.45) is 1.96. The van der Waals surface area contributed by atoms with Crippen LogP contribution in [0.25, 0.3) is 0 Å². The molecule has 0 saturated heterocycles. The second kappa shape index (κ2) is 9.13. The third kappa shape index (κ3) is 4.69. The molecule has 0 bridgehead atoms. The zero-order valence-electron chi connectivity index (χ0n) is 15.5. The molecule has 0 aliphatic heterocycles. The van der Waals surface area contributed by atoms with Crippen molar-refractivity contribution in [3.05, 3.63) is 65.0 Å². The molecule has 0 aliphatic carbocycles. The highest BCUT2D eigenvalue weighted by Crippen LogP contribution is 2.20. The van der Waals surface area contributed by atoms with Gasteiger partial charge in [0.05, 0.1) is 5.56 Å². The minimum Gasteiger partial charge on any atom is -0.339 e. The van der Waals surface area contributed by atoms with Crippen LogP contribution in [0.15, 0.2) is 42.5 Å². The summed E-state index contributed by atoms with van der Waals surface area (Å²) in [7, 11) is 0. The molecule has 0 radical (unpaired) electrons. The number of nitrogens with zero attached hydrogens (tertiary/aromatic N) is 1. The summed E-state index contributed by atoms with van der Waals surface area (Å²) >= 11 is 0. The summed E-state index contributed by atoms with van der Waals surface area (Å²) in [4.78, 5) is 26.8. The van der Waals surface area contributed by atoms with Gasteiger partial charge in [-0.2, -0.15) is 0 Å². The molecule has 26 heavy (non-hydrogen) atoms. The maximum Gasteiger partial charge on any atom is 0.258 e. The van der Waals surface area contributed by atoms with Crippen molar-refractivity contribution < 1.29 is 14.0 Å². The molecule has 2 amide bonds. The van der Waals surface area contributed by atoms with Crippen LogP contribution in [-0.2, 0) is 0 Å². The van der Waals surface area contributed by atoms with E-state index in [9.17, 15) is 14.0 Å². The van der Waals surface area contributed by atoms with Gasteiger partial charge < -0.3 is 10.2 Å². The van der Waals surface area contributed by atoms with Crippen molar-refractivity contribution in [1.82, 2.24) is 4.90 Å². The maximum absolute atomic E-state index is 13.8. The number of benzene rings is 2. The topological polar surface area (TPSA) is 49.4 Å². The summed E-state index contributed by atoms with van der Waals surface area (Å²) < 4.78 is 13.8. The number of amides is 2. The van der Waals surface area contributed by atoms with Gasteiger partial charge >= 0.3 is 0 Å². The van der Waals surface area contributed by atoms with Gasteiger partial charge in [0.2, 0.25) is 0 Å². The lowest BCUT2D eigenvalue weighted by Crippen LogP contribution is -2.31. The number of carbonyl (C=O) groups is 2. The summed E-state index contributed by atoms with van der Waals surface area (Å²) in [6, 6.07) is 11.0. The van der Waals surface area contributed by atoms with Gasteiger partial charge in [-0.3, -0.25) is 9.59 Å². The number of nitrogens with one attached hydrogen (secondary N) is 1. The molecular formula is C21H25FN2O2. The van der Waals surface area contributed by atoms with Crippen LogP contribution in [0.4, 0.5) is 10.1 Å². The molecule has 4 nitrogen and oxygen atoms in total. The van der Waals surface area contributed by atoms with Gasteiger partial charge in [0.1, 0.15) is 5.82 Å². The van der Waals surface area contributed by atoms with Crippen molar-refractivity contribution in [2.75, 3.05) is 18.4 Å². The lowest BCUT2D eigenvalue weighted by Gasteiger charge is -2.21. The second-order valence-electron chi connectivity index (χ2n) is 6.20. The van der Waals surface area contributed by atoms with Crippen LogP contribution in [0.5, 0.6) is 0 Å². The van der Waals surface area contributed by atoms with E-state index in [0.29, 0.717) is 24.3 Å². The van der Waals surface area contributed by atoms with Gasteiger partial charge in [0, 0.05) is 24.3 Å². The standard InChI is InChI=1S/C21H25FN2O2/c1-4-6-13-24(5-2)21(26)16-12-11-15(3)19(14-16)23-20(25)17-9-7-8-10-18(17)22/h7-12,14H,4-6,13H2,1-3H3,(H,23,25). The van der Waals surface area contributed by atoms with E-state index in [0.717, 1.165) is 18.4 Å². The van der Waals surface area contributed by atoms with Crippen molar-refractivity contribution in [1.29, 1.82) is 0 Å². The van der Waals surface area contributed by atoms with Crippen molar-refractivity contribution in [2.24, 2.45) is 0 Å². The van der Waals surface area contributed by atoms with E-state index in [1.54, 1.807) is 29.2 Å². The monoisotopic (exact) mass is 356 g/mol. The van der Waals surface area contributed by atoms with Gasteiger partial charge in [-0.25, -0.2) is 4.39 Å². The van der Waals surface area contributed by atoms with Crippen molar-refractivity contribution >= 4 is 17.5 Å². The predicted octanol–water partition coefficient (Wildman–Crippen LogP) is 4.65. The van der Waals surface area contributed by atoms with Crippen molar-refractivity contribution in [3.8, 4) is 0 Å². The highest BCUT2D eigenvalue weighted by molar-refractivity contribution is 6.05. The Morgan fingerprint density at radius 3 is 2.50 bits per heavy atom. The van der Waals surface area contributed by atoms with Crippen LogP contribution in [0.1, 0.15) is 53.0 Å². The Hall–Kier alpha value is -2.69. The Labute approximate surface area is 154 Å². The molecule has 0 heterocycles. The highest BCUT2D eigenvalue weighted by atomic mass is 19.1. The van der Waals surface area contributed by atoms with E-state index in [2.05, 4.69) is 12.2 Å². The van der Waals surface area contributed by atoms with Crippen LogP contribution in [0, 0.1) is 12.7 Å². The lowest BCUT2D eigenvalue weighted by atomic mass is 10.1. The van der Waals surface area contributed by atoms with E-state index >= 15 is 0 Å². The van der Waals surface area contributed by atoms with E-state index in [1.807, 2.05) is 13.8 Å². The number of unbranched alkanes of at least 4 members (excludes halogenated alkanes) is 1. The average molecular weight is 356 g/mol. The lowest BCUT2D eigenvalue weighted by molar-refractivity contribution is 0.0762. The first-order chi connectivity index (χ1) is 12.5. The normalized spacial score (nSPS) is 10.5. The minimum atomic E-state index is -0.577. The number of hydrogen-bond acceptors (Lipinski definition) is 2. The molecule has 2 aromatic carbocycles. The summed E-state index contributed by atoms with van der Waals surface area (Å²) in [5.41, 5.74) is 1.80. The zero-order chi connectivity index (χ0) is 19.1. The Morgan fingerprint density at radius 1 is 1.12 bits per heavy atom. The minimum absolute atomic E-state index is 0.0261. The highest BCUT2D eigenvalue weighted by Gasteiger charge is 2.17. The Morgan fingerprint density at radius 2 is 1.85 bits per heavy atom. The van der Waals surface area contributed by atoms with Gasteiger partial charge in [-0.1, -0.05) is 31.5 Å². The average Bonchev–Trinajstić information content (AvgIpc) is 2.64. The first kappa shape index (κ1) is 19.6. The van der Waals surface area contributed by atoms with Crippen molar-refractivity contribution in [3.63, 3.8) is 0 Å². The molecule has 2 rings (SSSR count). The fraction of sp³-hybridized carbons (Fsp3) is 0.333. The number of carbonyl (C=O) groups excluding carboxylic acids is 2. The Bertz CT molecular complexity index is 789. The Kier molecular flexibility index (Phi) is 6.89. The molecule has 0 aromatic heterocycles. The molecule has 0 unspecified atom stereocenters. The van der Waals surface area contributed by atoms with Crippen molar-refractivity contribution in [2.45, 2.75) is 33.6 Å². The van der Waals surface area contributed by atoms with Gasteiger partial charge in [0.15, 0.2) is 0 Å². The molecule has 0 aliphatic rings. The molecule has 5 heteroatoms. The fourth-order valence-electron chi connectivity index (χ4n) is 2.66. The van der Waals surface area contributed by atoms with Crippen LogP contribution < -0.4 is 5.32 Å². The molecule has 0 fully saturated rings. The quantitative estimate of drug-likeness (QED) is 0.785. The number of anilines is 1. The third-order valence-corrected chi connectivity index (χ3v) is 4.30. The molecule has 2 aromatic rings. The van der Waals surface area contributed by atoms with Gasteiger partial charge in [-0.15, -0.1) is 0 Å². The summed E-state index contributed by atoms with van der Waals surface area (Å²) in [6.45, 7) is 7.20. The fourth-order valence-corrected chi connectivity index (χ4v) is 2.66. The molecule has 0 saturated carbocycles. The maximum atomic E-state index is 13.8. The SMILES string of the molecule is CCCCN(CC)C(=O)c1ccc(C)c(NC(=O)c2ccccc2F)c1. The molecule has 1 N–H and O–H groups in total. The third-order valence-electron chi connectivity index (χ3n) is 4.30. The van der Waals surface area contributed by atoms with Gasteiger partial charge in [-0.05, 0) is 50.1 Å². The summed E-state index contributed by atoms with van der Waals surface area (Å²) in [5.74, 6) is -1.18. The number of aryl methyl sites for hydroxylation is 1. The Balaban J connectivity index is 2.23. The predicted molar refractivity (Wildman–Crippen MR) is 102 cm³/mol. The molecule has 0 atom stereocenters. The van der Waals surface area contributed by atoms with E-state index in [-0.39, 0.29) is 11.5 Å². The van der Waals surface area contributed by atoms with E-state index in [1.165, 1.54) is 18.2 Å². The van der Waals surface area contributed by atoms with Gasteiger partial charge in [0.25, 0.3) is 11.8 Å². The molecule has 0 spiro atoms. The summed E-state index contributed by atoms with van der Waals surface area (Å²) in [5, 5.41) is 2.71. The van der Waals surface area contributed by atoms with E-state index in [4.69, 9.17) is 0 Å². The van der Waals surface area contributed by atoms with Crippen LogP contribution in [0.2, 0.25) is 0 Å². The number of halogens is 1. The first-order valence-corrected chi connectivity index (χ1v) is 8.93. The largest absolute Gasteiger partial charge is 0.339 e. The first-order valence-electron chi connectivity index (χ1n) is 8.93. The van der Waals surface area contributed by atoms with E-state index < -0.39 is 11.7 Å². The van der Waals surface area contributed by atoms with Crippen LogP contribution in [0.3, 0.4) is 0 Å².